The van der Waals surface area contributed by atoms with Crippen molar-refractivity contribution in [3.63, 3.8) is 0 Å². The lowest BCUT2D eigenvalue weighted by Crippen LogP contribution is -2.68. The summed E-state index contributed by atoms with van der Waals surface area (Å²) in [5.41, 5.74) is -0.156. The molecule has 4 nitrogen and oxygen atoms in total. The van der Waals surface area contributed by atoms with Crippen molar-refractivity contribution >= 4 is 11.8 Å². The Balaban J connectivity index is 2.41. The van der Waals surface area contributed by atoms with Gasteiger partial charge in [0.15, 0.2) is 0 Å². The normalized spacial score (nSPS) is 27.4. The highest BCUT2D eigenvalue weighted by molar-refractivity contribution is 6.00. The van der Waals surface area contributed by atoms with Crippen LogP contribution in [0.1, 0.15) is 46.1 Å². The standard InChI is InChI=1S/C17H24N2O2/c1-5-9-12(2)19-13(3)15(20)18-17(4,16(19)21)14-10-7-6-8-11-14/h6-8,10-13H,5,9H2,1-4H3,(H,18,20). The van der Waals surface area contributed by atoms with Gasteiger partial charge in [-0.05, 0) is 32.8 Å². The lowest BCUT2D eigenvalue weighted by Gasteiger charge is -2.46. The summed E-state index contributed by atoms with van der Waals surface area (Å²) in [6.45, 7) is 7.69. The van der Waals surface area contributed by atoms with E-state index in [1.54, 1.807) is 18.7 Å². The first kappa shape index (κ1) is 15.5. The maximum atomic E-state index is 13.0. The molecule has 0 saturated carbocycles. The molecule has 4 heteroatoms. The molecule has 0 aliphatic carbocycles. The number of hydrogen-bond donors (Lipinski definition) is 1. The van der Waals surface area contributed by atoms with Crippen LogP contribution in [0.2, 0.25) is 0 Å². The molecule has 1 saturated heterocycles. The summed E-state index contributed by atoms with van der Waals surface area (Å²) in [5, 5.41) is 2.91. The summed E-state index contributed by atoms with van der Waals surface area (Å²) in [5.74, 6) is -0.120. The molecule has 21 heavy (non-hydrogen) atoms. The van der Waals surface area contributed by atoms with E-state index in [1.807, 2.05) is 37.3 Å². The first-order valence-corrected chi connectivity index (χ1v) is 7.62. The molecule has 1 aromatic rings. The second-order valence-corrected chi connectivity index (χ2v) is 6.01. The van der Waals surface area contributed by atoms with Gasteiger partial charge < -0.3 is 10.2 Å². The SMILES string of the molecule is CCCC(C)N1C(=O)C(C)(c2ccccc2)NC(=O)C1C. The van der Waals surface area contributed by atoms with Gasteiger partial charge in [0.2, 0.25) is 5.91 Å². The van der Waals surface area contributed by atoms with Crippen LogP contribution < -0.4 is 5.32 Å². The Labute approximate surface area is 126 Å². The van der Waals surface area contributed by atoms with Gasteiger partial charge >= 0.3 is 0 Å². The Kier molecular flexibility index (Phi) is 4.35. The van der Waals surface area contributed by atoms with Crippen molar-refractivity contribution < 1.29 is 9.59 Å². The minimum absolute atomic E-state index is 0.0262. The molecule has 3 atom stereocenters. The fourth-order valence-electron chi connectivity index (χ4n) is 3.07. The van der Waals surface area contributed by atoms with E-state index in [0.29, 0.717) is 0 Å². The van der Waals surface area contributed by atoms with Crippen molar-refractivity contribution in [3.05, 3.63) is 35.9 Å². The average Bonchev–Trinajstić information content (AvgIpc) is 2.47. The fraction of sp³-hybridized carbons (Fsp3) is 0.529. The van der Waals surface area contributed by atoms with E-state index < -0.39 is 11.6 Å². The topological polar surface area (TPSA) is 49.4 Å². The second-order valence-electron chi connectivity index (χ2n) is 6.01. The molecule has 1 aliphatic rings. The molecule has 0 radical (unpaired) electrons. The molecular formula is C17H24N2O2. The quantitative estimate of drug-likeness (QED) is 0.925. The van der Waals surface area contributed by atoms with Crippen molar-refractivity contribution in [2.45, 2.75) is 58.2 Å². The van der Waals surface area contributed by atoms with E-state index in [-0.39, 0.29) is 17.9 Å². The number of carbonyl (C=O) groups excluding carboxylic acids is 2. The van der Waals surface area contributed by atoms with Gasteiger partial charge in [-0.1, -0.05) is 43.7 Å². The minimum atomic E-state index is -0.979. The van der Waals surface area contributed by atoms with Crippen LogP contribution in [0, 0.1) is 0 Å². The van der Waals surface area contributed by atoms with Crippen molar-refractivity contribution in [2.75, 3.05) is 0 Å². The van der Waals surface area contributed by atoms with Crippen LogP contribution >= 0.6 is 0 Å². The van der Waals surface area contributed by atoms with Crippen molar-refractivity contribution in [3.8, 4) is 0 Å². The summed E-state index contributed by atoms with van der Waals surface area (Å²) in [7, 11) is 0. The first-order valence-electron chi connectivity index (χ1n) is 7.62. The van der Waals surface area contributed by atoms with Crippen LogP contribution in [0.25, 0.3) is 0 Å². The smallest absolute Gasteiger partial charge is 0.253 e. The highest BCUT2D eigenvalue weighted by atomic mass is 16.2. The van der Waals surface area contributed by atoms with Gasteiger partial charge in [0, 0.05) is 6.04 Å². The molecule has 1 N–H and O–H groups in total. The lowest BCUT2D eigenvalue weighted by molar-refractivity contribution is -0.156. The first-order chi connectivity index (χ1) is 9.91. The molecule has 1 heterocycles. The fourth-order valence-corrected chi connectivity index (χ4v) is 3.07. The lowest BCUT2D eigenvalue weighted by atomic mass is 9.86. The number of hydrogen-bond acceptors (Lipinski definition) is 2. The summed E-state index contributed by atoms with van der Waals surface area (Å²) in [6, 6.07) is 9.09. The summed E-state index contributed by atoms with van der Waals surface area (Å²) in [6.07, 6.45) is 1.88. The maximum Gasteiger partial charge on any atom is 0.253 e. The molecular weight excluding hydrogens is 264 g/mol. The molecule has 1 aromatic carbocycles. The minimum Gasteiger partial charge on any atom is -0.336 e. The number of benzene rings is 1. The van der Waals surface area contributed by atoms with E-state index in [1.165, 1.54) is 0 Å². The second kappa shape index (κ2) is 5.88. The Morgan fingerprint density at radius 2 is 1.90 bits per heavy atom. The summed E-state index contributed by atoms with van der Waals surface area (Å²) < 4.78 is 0. The zero-order chi connectivity index (χ0) is 15.6. The van der Waals surface area contributed by atoms with Crippen LogP contribution in [0.5, 0.6) is 0 Å². The van der Waals surface area contributed by atoms with Crippen LogP contribution in [0.3, 0.4) is 0 Å². The van der Waals surface area contributed by atoms with E-state index in [9.17, 15) is 9.59 Å². The summed E-state index contributed by atoms with van der Waals surface area (Å²) >= 11 is 0. The van der Waals surface area contributed by atoms with Gasteiger partial charge in [0.05, 0.1) is 0 Å². The number of carbonyl (C=O) groups is 2. The number of nitrogens with zero attached hydrogens (tertiary/aromatic N) is 1. The molecule has 1 fully saturated rings. The van der Waals surface area contributed by atoms with Gasteiger partial charge in [-0.15, -0.1) is 0 Å². The molecule has 0 aromatic heterocycles. The largest absolute Gasteiger partial charge is 0.336 e. The molecule has 0 spiro atoms. The predicted molar refractivity (Wildman–Crippen MR) is 82.6 cm³/mol. The highest BCUT2D eigenvalue weighted by Crippen LogP contribution is 2.30. The zero-order valence-electron chi connectivity index (χ0n) is 13.2. The third-order valence-corrected chi connectivity index (χ3v) is 4.36. The van der Waals surface area contributed by atoms with Gasteiger partial charge in [-0.25, -0.2) is 0 Å². The Morgan fingerprint density at radius 3 is 2.48 bits per heavy atom. The van der Waals surface area contributed by atoms with Crippen molar-refractivity contribution in [1.82, 2.24) is 10.2 Å². The Morgan fingerprint density at radius 1 is 1.29 bits per heavy atom. The van der Waals surface area contributed by atoms with E-state index in [0.717, 1.165) is 18.4 Å². The van der Waals surface area contributed by atoms with Gasteiger partial charge in [0.25, 0.3) is 5.91 Å². The van der Waals surface area contributed by atoms with Gasteiger partial charge in [0.1, 0.15) is 11.6 Å². The van der Waals surface area contributed by atoms with E-state index in [4.69, 9.17) is 0 Å². The third-order valence-electron chi connectivity index (χ3n) is 4.36. The van der Waals surface area contributed by atoms with E-state index in [2.05, 4.69) is 12.2 Å². The van der Waals surface area contributed by atoms with E-state index >= 15 is 0 Å². The number of amides is 2. The number of piperazine rings is 1. The molecule has 1 aliphatic heterocycles. The van der Waals surface area contributed by atoms with Crippen LogP contribution in [0.4, 0.5) is 0 Å². The predicted octanol–water partition coefficient (Wildman–Crippen LogP) is 2.44. The van der Waals surface area contributed by atoms with Gasteiger partial charge in [-0.3, -0.25) is 9.59 Å². The molecule has 2 rings (SSSR count). The zero-order valence-corrected chi connectivity index (χ0v) is 13.2. The van der Waals surface area contributed by atoms with Crippen LogP contribution in [-0.2, 0) is 15.1 Å². The highest BCUT2D eigenvalue weighted by Gasteiger charge is 2.48. The number of nitrogens with one attached hydrogen (secondary N) is 1. The molecule has 0 bridgehead atoms. The molecule has 2 amide bonds. The molecule has 3 unspecified atom stereocenters. The maximum absolute atomic E-state index is 13.0. The van der Waals surface area contributed by atoms with Crippen LogP contribution in [-0.4, -0.2) is 28.8 Å². The van der Waals surface area contributed by atoms with Crippen LogP contribution in [0.15, 0.2) is 30.3 Å². The Bertz CT molecular complexity index is 529. The average molecular weight is 288 g/mol. The summed E-state index contributed by atoms with van der Waals surface area (Å²) in [4.78, 5) is 27.1. The third kappa shape index (κ3) is 2.67. The van der Waals surface area contributed by atoms with Crippen molar-refractivity contribution in [1.29, 1.82) is 0 Å². The van der Waals surface area contributed by atoms with Crippen molar-refractivity contribution in [2.24, 2.45) is 0 Å². The van der Waals surface area contributed by atoms with Gasteiger partial charge in [-0.2, -0.15) is 0 Å². The molecule has 114 valence electrons. The number of rotatable bonds is 4. The monoisotopic (exact) mass is 288 g/mol. The Hall–Kier alpha value is -1.84.